The van der Waals surface area contributed by atoms with Gasteiger partial charge in [-0.3, -0.25) is 0 Å². The van der Waals surface area contributed by atoms with E-state index in [-0.39, 0.29) is 0 Å². The molecule has 0 heterocycles. The van der Waals surface area contributed by atoms with Gasteiger partial charge in [0.15, 0.2) is 0 Å². The maximum atomic E-state index is 9.08. The van der Waals surface area contributed by atoms with Gasteiger partial charge < -0.3 is 0 Å². The molecule has 0 saturated heterocycles. The summed E-state index contributed by atoms with van der Waals surface area (Å²) in [4.78, 5) is 1.89. The van der Waals surface area contributed by atoms with Crippen molar-refractivity contribution in [2.45, 2.75) is 31.2 Å². The number of aliphatic hydroxyl groups is 2. The fourth-order valence-corrected chi connectivity index (χ4v) is 5.66. The van der Waals surface area contributed by atoms with Crippen molar-refractivity contribution in [3.8, 4) is 0 Å². The van der Waals surface area contributed by atoms with E-state index in [1.54, 1.807) is 17.0 Å². The summed E-state index contributed by atoms with van der Waals surface area (Å²) in [5, 5.41) is 18.2. The van der Waals surface area contributed by atoms with Crippen LogP contribution in [0.15, 0.2) is 0 Å². The predicted molar refractivity (Wildman–Crippen MR) is 42.7 cm³/mol. The van der Waals surface area contributed by atoms with Gasteiger partial charge in [0.05, 0.1) is 0 Å². The van der Waals surface area contributed by atoms with Crippen LogP contribution in [0.5, 0.6) is 0 Å². The van der Waals surface area contributed by atoms with Crippen LogP contribution in [0.25, 0.3) is 0 Å². The normalized spacial score (nSPS) is 18.0. The fourth-order valence-electron chi connectivity index (χ4n) is 0.827. The van der Waals surface area contributed by atoms with Crippen LogP contribution in [-0.4, -0.2) is 44.7 Å². The Morgan fingerprint density at radius 3 is 1.60 bits per heavy atom. The van der Waals surface area contributed by atoms with Gasteiger partial charge in [-0.25, -0.2) is 0 Å². The third kappa shape index (κ3) is 3.39. The summed E-state index contributed by atoms with van der Waals surface area (Å²) in [6.45, 7) is 3.22. The molecule has 5 heteroatoms. The summed E-state index contributed by atoms with van der Waals surface area (Å²) < 4.78 is 1.57. The molecule has 0 aliphatic heterocycles. The molecule has 0 aliphatic carbocycles. The Balaban J connectivity index is 3.98. The van der Waals surface area contributed by atoms with Gasteiger partial charge in [0, 0.05) is 0 Å². The van der Waals surface area contributed by atoms with Crippen LogP contribution in [0.3, 0.4) is 0 Å². The van der Waals surface area contributed by atoms with Crippen molar-refractivity contribution in [2.24, 2.45) is 0 Å². The minimum absolute atomic E-state index is 0.628. The Kier molecular flexibility index (Phi) is 5.23. The summed E-state index contributed by atoms with van der Waals surface area (Å²) in [6.07, 6.45) is -1.26. The van der Waals surface area contributed by atoms with Gasteiger partial charge in [0.1, 0.15) is 0 Å². The van der Waals surface area contributed by atoms with Gasteiger partial charge in [-0.05, 0) is 0 Å². The maximum absolute atomic E-state index is 9.08. The molecule has 10 heavy (non-hydrogen) atoms. The Morgan fingerprint density at radius 1 is 1.30 bits per heavy atom. The Hall–Kier alpha value is 0.969. The van der Waals surface area contributed by atoms with Crippen LogP contribution >= 0.6 is 8.92 Å². The molecule has 0 aliphatic rings. The van der Waals surface area contributed by atoms with Gasteiger partial charge >= 0.3 is 72.4 Å². The molecule has 1 radical (unpaired) electrons. The Labute approximate surface area is 72.4 Å². The second-order valence-electron chi connectivity index (χ2n) is 2.17. The quantitative estimate of drug-likeness (QED) is 0.575. The molecular weight excluding hydrogens is 260 g/mol. The van der Waals surface area contributed by atoms with Crippen molar-refractivity contribution >= 4 is 27.8 Å². The van der Waals surface area contributed by atoms with Gasteiger partial charge in [0.25, 0.3) is 0 Å². The third-order valence-electron chi connectivity index (χ3n) is 1.16. The molecule has 2 N–H and O–H groups in total. The van der Waals surface area contributed by atoms with E-state index < -0.39 is 31.4 Å². The summed E-state index contributed by atoms with van der Waals surface area (Å²) in [6, 6.07) is 0. The molecule has 0 rings (SSSR count). The Bertz CT molecular complexity index is 80.6. The van der Waals surface area contributed by atoms with E-state index in [2.05, 4.69) is 0 Å². The van der Waals surface area contributed by atoms with E-state index in [4.69, 9.17) is 19.1 Å². The molecular formula is C5H13ClNO2Sn. The van der Waals surface area contributed by atoms with Crippen molar-refractivity contribution in [1.82, 2.24) is 3.12 Å². The average Bonchev–Trinajstić information content (AvgIpc) is 1.59. The van der Waals surface area contributed by atoms with E-state index >= 15 is 0 Å². The van der Waals surface area contributed by atoms with Crippen LogP contribution in [0.2, 0.25) is 4.94 Å². The molecule has 0 aromatic heterocycles. The molecule has 0 saturated carbocycles. The van der Waals surface area contributed by atoms with Crippen LogP contribution in [0.1, 0.15) is 13.8 Å². The first-order chi connectivity index (χ1) is 4.46. The van der Waals surface area contributed by atoms with Crippen LogP contribution in [0, 0.1) is 0 Å². The second-order valence-corrected chi connectivity index (χ2v) is 10.1. The number of halogens is 1. The monoisotopic (exact) mass is 274 g/mol. The molecule has 0 aromatic carbocycles. The molecule has 0 fully saturated rings. The zero-order valence-electron chi connectivity index (χ0n) is 6.37. The van der Waals surface area contributed by atoms with Gasteiger partial charge in [-0.2, -0.15) is 0 Å². The van der Waals surface area contributed by atoms with Gasteiger partial charge in [-0.15, -0.1) is 0 Å². The second kappa shape index (κ2) is 4.77. The predicted octanol–water partition coefficient (Wildman–Crippen LogP) is 0.322. The van der Waals surface area contributed by atoms with E-state index in [0.717, 1.165) is 0 Å². The summed E-state index contributed by atoms with van der Waals surface area (Å²) >= 11 is -2.11. The van der Waals surface area contributed by atoms with E-state index in [0.29, 0.717) is 0 Å². The standard InChI is InChI=1S/C4H10NO2.CH3.ClH.Sn/c1-3(6)5-4(2)7;;;/h3-4,6-7H,1-2H3;1H3;1H;/q-1;;;+2/p-1. The summed E-state index contributed by atoms with van der Waals surface area (Å²) in [5.41, 5.74) is 0. The molecule has 0 amide bonds. The molecule has 2 unspecified atom stereocenters. The summed E-state index contributed by atoms with van der Waals surface area (Å²) in [7, 11) is 5.84. The van der Waals surface area contributed by atoms with Crippen molar-refractivity contribution in [1.29, 1.82) is 0 Å². The van der Waals surface area contributed by atoms with Crippen molar-refractivity contribution < 1.29 is 10.2 Å². The minimum atomic E-state index is -2.11. The molecule has 3 nitrogen and oxygen atoms in total. The fraction of sp³-hybridized carbons (Fsp3) is 1.00. The van der Waals surface area contributed by atoms with E-state index in [1.165, 1.54) is 0 Å². The number of nitrogens with zero attached hydrogens (tertiary/aromatic N) is 1. The number of rotatable bonds is 3. The Morgan fingerprint density at radius 2 is 1.60 bits per heavy atom. The summed E-state index contributed by atoms with van der Waals surface area (Å²) in [5.74, 6) is 0. The average molecular weight is 273 g/mol. The number of aliphatic hydroxyl groups excluding tert-OH is 2. The van der Waals surface area contributed by atoms with Crippen molar-refractivity contribution in [3.05, 3.63) is 0 Å². The van der Waals surface area contributed by atoms with E-state index in [9.17, 15) is 0 Å². The van der Waals surface area contributed by atoms with Gasteiger partial charge in [-0.1, -0.05) is 0 Å². The van der Waals surface area contributed by atoms with Gasteiger partial charge in [0.2, 0.25) is 0 Å². The van der Waals surface area contributed by atoms with Crippen molar-refractivity contribution in [3.63, 3.8) is 0 Å². The first-order valence-corrected chi connectivity index (χ1v) is 10.8. The molecule has 2 atom stereocenters. The van der Waals surface area contributed by atoms with Crippen molar-refractivity contribution in [2.75, 3.05) is 0 Å². The number of hydrogen-bond donors (Lipinski definition) is 2. The number of hydrogen-bond acceptors (Lipinski definition) is 3. The molecule has 0 spiro atoms. The molecule has 61 valence electrons. The zero-order chi connectivity index (χ0) is 8.31. The van der Waals surface area contributed by atoms with Crippen LogP contribution in [0.4, 0.5) is 0 Å². The zero-order valence-corrected chi connectivity index (χ0v) is 9.98. The first kappa shape index (κ1) is 11.0. The third-order valence-corrected chi connectivity index (χ3v) is 6.63. The van der Waals surface area contributed by atoms with E-state index in [1.807, 2.05) is 4.94 Å². The van der Waals surface area contributed by atoms with Crippen LogP contribution < -0.4 is 0 Å². The molecule has 0 bridgehead atoms. The topological polar surface area (TPSA) is 43.7 Å². The molecule has 0 aromatic rings. The van der Waals surface area contributed by atoms with Crippen LogP contribution in [-0.2, 0) is 0 Å². The first-order valence-electron chi connectivity index (χ1n) is 3.10. The SMILES string of the molecule is CC(O)[N](C(C)O)[Sn]([CH3])[Cl].